The van der Waals surface area contributed by atoms with Crippen molar-refractivity contribution < 1.29 is 9.21 Å². The van der Waals surface area contributed by atoms with Crippen LogP contribution in [0.4, 0.5) is 23.1 Å². The monoisotopic (exact) mass is 404 g/mol. The van der Waals surface area contributed by atoms with Gasteiger partial charge in [-0.1, -0.05) is 6.92 Å². The van der Waals surface area contributed by atoms with Crippen LogP contribution < -0.4 is 22.1 Å². The number of aryl methyl sites for hydroxylation is 2. The Hall–Kier alpha value is -4.14. The van der Waals surface area contributed by atoms with Crippen molar-refractivity contribution in [1.29, 1.82) is 0 Å². The van der Waals surface area contributed by atoms with Gasteiger partial charge in [0, 0.05) is 28.7 Å². The number of benzene rings is 2. The first kappa shape index (κ1) is 19.2. The summed E-state index contributed by atoms with van der Waals surface area (Å²) in [5.74, 6) is 0.0602. The van der Waals surface area contributed by atoms with Crippen LogP contribution in [0.15, 0.2) is 51.8 Å². The molecule has 0 aliphatic carbocycles. The van der Waals surface area contributed by atoms with Crippen LogP contribution in [0.5, 0.6) is 0 Å². The van der Waals surface area contributed by atoms with Crippen molar-refractivity contribution in [1.82, 2.24) is 15.0 Å². The van der Waals surface area contributed by atoms with E-state index in [9.17, 15) is 9.59 Å². The zero-order chi connectivity index (χ0) is 21.3. The number of anilines is 4. The van der Waals surface area contributed by atoms with E-state index in [0.29, 0.717) is 34.9 Å². The number of aromatic nitrogens is 3. The van der Waals surface area contributed by atoms with Crippen LogP contribution in [0.2, 0.25) is 0 Å². The number of carbonyl (C=O) groups is 1. The summed E-state index contributed by atoms with van der Waals surface area (Å²) in [7, 11) is 0. The van der Waals surface area contributed by atoms with Gasteiger partial charge in [0.15, 0.2) is 5.58 Å². The molecule has 1 amide bonds. The SMILES string of the molecule is CCc1cc(Nc2ncc(C)c(Nc3ccc4oc(=O)[nH]c4c3)n2)ccc1C(N)=O. The van der Waals surface area contributed by atoms with E-state index in [0.717, 1.165) is 22.5 Å². The number of aromatic amines is 1. The molecule has 0 radical (unpaired) electrons. The van der Waals surface area contributed by atoms with E-state index in [1.807, 2.05) is 19.9 Å². The molecule has 4 aromatic rings. The number of nitrogens with one attached hydrogen (secondary N) is 3. The summed E-state index contributed by atoms with van der Waals surface area (Å²) < 4.78 is 5.02. The Bertz CT molecular complexity index is 1310. The third-order valence-corrected chi connectivity index (χ3v) is 4.66. The predicted molar refractivity (Wildman–Crippen MR) is 115 cm³/mol. The number of carbonyl (C=O) groups excluding carboxylic acids is 1. The zero-order valence-electron chi connectivity index (χ0n) is 16.4. The number of hydrogen-bond acceptors (Lipinski definition) is 7. The number of H-pyrrole nitrogens is 1. The van der Waals surface area contributed by atoms with E-state index in [-0.39, 0.29) is 0 Å². The van der Waals surface area contributed by atoms with Crippen LogP contribution in [0, 0.1) is 6.92 Å². The van der Waals surface area contributed by atoms with Gasteiger partial charge >= 0.3 is 5.76 Å². The average molecular weight is 404 g/mol. The first-order valence-electron chi connectivity index (χ1n) is 9.36. The lowest BCUT2D eigenvalue weighted by Gasteiger charge is -2.12. The van der Waals surface area contributed by atoms with Crippen LogP contribution in [0.3, 0.4) is 0 Å². The highest BCUT2D eigenvalue weighted by Crippen LogP contribution is 2.24. The Balaban J connectivity index is 1.59. The van der Waals surface area contributed by atoms with Gasteiger partial charge in [-0.05, 0) is 55.3 Å². The molecule has 0 unspecified atom stereocenters. The minimum atomic E-state index is -0.499. The summed E-state index contributed by atoms with van der Waals surface area (Å²) in [6, 6.07) is 10.6. The van der Waals surface area contributed by atoms with Crippen LogP contribution >= 0.6 is 0 Å². The highest BCUT2D eigenvalue weighted by molar-refractivity contribution is 5.94. The zero-order valence-corrected chi connectivity index (χ0v) is 16.4. The third-order valence-electron chi connectivity index (χ3n) is 4.66. The number of rotatable bonds is 6. The molecule has 4 rings (SSSR count). The van der Waals surface area contributed by atoms with Crippen molar-refractivity contribution in [2.45, 2.75) is 20.3 Å². The van der Waals surface area contributed by atoms with Gasteiger partial charge in [0.25, 0.3) is 0 Å². The minimum absolute atomic E-state index is 0.398. The summed E-state index contributed by atoms with van der Waals surface area (Å²) in [6.45, 7) is 3.85. The molecule has 30 heavy (non-hydrogen) atoms. The Morgan fingerprint density at radius 2 is 1.93 bits per heavy atom. The number of hydrogen-bond donors (Lipinski definition) is 4. The summed E-state index contributed by atoms with van der Waals surface area (Å²) in [5.41, 5.74) is 10.2. The predicted octanol–water partition coefficient (Wildman–Crippen LogP) is 3.37. The van der Waals surface area contributed by atoms with Crippen molar-refractivity contribution >= 4 is 40.1 Å². The van der Waals surface area contributed by atoms with E-state index >= 15 is 0 Å². The second-order valence-electron chi connectivity index (χ2n) is 6.79. The normalized spacial score (nSPS) is 10.9. The maximum Gasteiger partial charge on any atom is 0.417 e. The second kappa shape index (κ2) is 7.70. The lowest BCUT2D eigenvalue weighted by molar-refractivity contribution is 0.0999. The summed E-state index contributed by atoms with van der Waals surface area (Å²) in [4.78, 5) is 34.4. The molecule has 152 valence electrons. The smallest absolute Gasteiger partial charge is 0.408 e. The molecule has 0 aliphatic heterocycles. The molecule has 0 fully saturated rings. The fourth-order valence-electron chi connectivity index (χ4n) is 3.13. The van der Waals surface area contributed by atoms with Crippen molar-refractivity contribution in [2.24, 2.45) is 5.73 Å². The van der Waals surface area contributed by atoms with Crippen LogP contribution in [0.25, 0.3) is 11.1 Å². The van der Waals surface area contributed by atoms with Crippen molar-refractivity contribution in [3.63, 3.8) is 0 Å². The van der Waals surface area contributed by atoms with E-state index in [1.165, 1.54) is 0 Å². The van der Waals surface area contributed by atoms with Gasteiger partial charge in [0.05, 0.1) is 5.52 Å². The molecule has 0 saturated carbocycles. The Morgan fingerprint density at radius 3 is 2.70 bits per heavy atom. The Morgan fingerprint density at radius 1 is 1.17 bits per heavy atom. The molecule has 0 bridgehead atoms. The number of oxazole rings is 1. The Kier molecular flexibility index (Phi) is 4.93. The quantitative estimate of drug-likeness (QED) is 0.386. The average Bonchev–Trinajstić information content (AvgIpc) is 3.09. The van der Waals surface area contributed by atoms with Gasteiger partial charge < -0.3 is 20.8 Å². The number of nitrogens with zero attached hydrogens (tertiary/aromatic N) is 2. The van der Waals surface area contributed by atoms with Gasteiger partial charge in [-0.15, -0.1) is 0 Å². The minimum Gasteiger partial charge on any atom is -0.408 e. The first-order chi connectivity index (χ1) is 14.4. The number of fused-ring (bicyclic) bond motifs is 1. The molecule has 2 aromatic heterocycles. The van der Waals surface area contributed by atoms with Crippen LogP contribution in [0.1, 0.15) is 28.4 Å². The van der Waals surface area contributed by atoms with Crippen LogP contribution in [-0.4, -0.2) is 20.9 Å². The molecule has 0 atom stereocenters. The van der Waals surface area contributed by atoms with Gasteiger partial charge in [0.1, 0.15) is 5.82 Å². The van der Waals surface area contributed by atoms with E-state index in [4.69, 9.17) is 10.2 Å². The molecule has 5 N–H and O–H groups in total. The molecular formula is C21H20N6O3. The summed E-state index contributed by atoms with van der Waals surface area (Å²) in [5, 5.41) is 6.38. The number of nitrogens with two attached hydrogens (primary N) is 1. The largest absolute Gasteiger partial charge is 0.417 e. The fraction of sp³-hybridized carbons (Fsp3) is 0.143. The van der Waals surface area contributed by atoms with Gasteiger partial charge in [-0.3, -0.25) is 9.78 Å². The molecule has 0 spiro atoms. The topological polar surface area (TPSA) is 139 Å². The molecular weight excluding hydrogens is 384 g/mol. The van der Waals surface area contributed by atoms with E-state index in [1.54, 1.807) is 36.5 Å². The molecule has 0 saturated heterocycles. The molecule has 9 heteroatoms. The second-order valence-corrected chi connectivity index (χ2v) is 6.79. The molecule has 2 heterocycles. The standard InChI is InChI=1S/C21H20N6O3/c1-3-12-8-13(4-6-15(12)18(22)28)25-20-23-10-11(2)19(27-20)24-14-5-7-17-16(9-14)26-21(29)30-17/h4-10H,3H2,1-2H3,(H2,22,28)(H,26,29)(H2,23,24,25,27). The molecule has 2 aromatic carbocycles. The highest BCUT2D eigenvalue weighted by atomic mass is 16.4. The van der Waals surface area contributed by atoms with Crippen molar-refractivity contribution in [3.05, 3.63) is 69.8 Å². The van der Waals surface area contributed by atoms with Crippen molar-refractivity contribution in [3.8, 4) is 0 Å². The van der Waals surface area contributed by atoms with Gasteiger partial charge in [-0.25, -0.2) is 9.78 Å². The van der Waals surface area contributed by atoms with Gasteiger partial charge in [-0.2, -0.15) is 4.98 Å². The Labute approximate surface area is 171 Å². The number of primary amides is 1. The van der Waals surface area contributed by atoms with E-state index < -0.39 is 11.7 Å². The highest BCUT2D eigenvalue weighted by Gasteiger charge is 2.10. The lowest BCUT2D eigenvalue weighted by Crippen LogP contribution is -2.13. The maximum atomic E-state index is 11.5. The number of amides is 1. The van der Waals surface area contributed by atoms with E-state index in [2.05, 4.69) is 25.6 Å². The first-order valence-corrected chi connectivity index (χ1v) is 9.36. The van der Waals surface area contributed by atoms with Crippen LogP contribution in [-0.2, 0) is 6.42 Å². The molecule has 9 nitrogen and oxygen atoms in total. The summed E-state index contributed by atoms with van der Waals surface area (Å²) in [6.07, 6.45) is 2.38. The lowest BCUT2D eigenvalue weighted by atomic mass is 10.0. The van der Waals surface area contributed by atoms with Crippen molar-refractivity contribution in [2.75, 3.05) is 10.6 Å². The maximum absolute atomic E-state index is 11.5. The fourth-order valence-corrected chi connectivity index (χ4v) is 3.13. The van der Waals surface area contributed by atoms with Gasteiger partial charge in [0.2, 0.25) is 11.9 Å². The third kappa shape index (κ3) is 3.86. The molecule has 0 aliphatic rings. The summed E-state index contributed by atoms with van der Waals surface area (Å²) >= 11 is 0.